The van der Waals surface area contributed by atoms with Gasteiger partial charge in [0.2, 0.25) is 11.3 Å². The van der Waals surface area contributed by atoms with Crippen molar-refractivity contribution in [2.45, 2.75) is 51.2 Å². The van der Waals surface area contributed by atoms with E-state index in [2.05, 4.69) is 5.16 Å². The van der Waals surface area contributed by atoms with E-state index in [0.29, 0.717) is 12.8 Å². The van der Waals surface area contributed by atoms with Crippen molar-refractivity contribution in [3.63, 3.8) is 0 Å². The van der Waals surface area contributed by atoms with Crippen molar-refractivity contribution in [2.75, 3.05) is 0 Å². The lowest BCUT2D eigenvalue weighted by Gasteiger charge is -2.38. The molecule has 0 saturated heterocycles. The fourth-order valence-electron chi connectivity index (χ4n) is 1.94. The molecule has 1 aromatic heterocycles. The molecule has 0 radical (unpaired) electrons. The number of furan rings is 1. The fraction of sp³-hybridized carbons (Fsp3) is 0.533. The van der Waals surface area contributed by atoms with Crippen LogP contribution in [0.4, 0.5) is 0 Å². The molecule has 7 nitrogen and oxygen atoms in total. The van der Waals surface area contributed by atoms with Gasteiger partial charge >= 0.3 is 11.9 Å². The summed E-state index contributed by atoms with van der Waals surface area (Å²) >= 11 is 0. The normalized spacial score (nSPS) is 17.5. The summed E-state index contributed by atoms with van der Waals surface area (Å²) < 4.78 is 10.3. The van der Waals surface area contributed by atoms with Crippen LogP contribution in [0.25, 0.3) is 0 Å². The summed E-state index contributed by atoms with van der Waals surface area (Å²) in [5, 5.41) is 12.8. The molecule has 0 aromatic carbocycles. The molecule has 1 aliphatic rings. The van der Waals surface area contributed by atoms with E-state index >= 15 is 0 Å². The number of esters is 1. The first-order valence-corrected chi connectivity index (χ1v) is 7.00. The number of ether oxygens (including phenoxy) is 1. The summed E-state index contributed by atoms with van der Waals surface area (Å²) in [5.41, 5.74) is -2.25. The van der Waals surface area contributed by atoms with Crippen LogP contribution in [0.15, 0.2) is 28.0 Å². The SMILES string of the molecule is CC(C)(C)OC(=O)C1(ON=C(C(=O)O)c2ccco2)CCC1. The second kappa shape index (κ2) is 5.82. The van der Waals surface area contributed by atoms with Crippen LogP contribution in [0.5, 0.6) is 0 Å². The lowest BCUT2D eigenvalue weighted by molar-refractivity contribution is -0.196. The number of carbonyl (C=O) groups excluding carboxylic acids is 1. The second-order valence-corrected chi connectivity index (χ2v) is 6.16. The molecule has 22 heavy (non-hydrogen) atoms. The molecule has 1 aliphatic carbocycles. The summed E-state index contributed by atoms with van der Waals surface area (Å²) in [6.07, 6.45) is 3.01. The predicted molar refractivity (Wildman–Crippen MR) is 76.4 cm³/mol. The maximum absolute atomic E-state index is 12.2. The average Bonchev–Trinajstić information content (AvgIpc) is 2.82. The summed E-state index contributed by atoms with van der Waals surface area (Å²) in [5.74, 6) is -1.76. The molecule has 2 rings (SSSR count). The number of oxime groups is 1. The van der Waals surface area contributed by atoms with E-state index in [1.807, 2.05) is 0 Å². The van der Waals surface area contributed by atoms with Crippen molar-refractivity contribution in [3.05, 3.63) is 24.2 Å². The van der Waals surface area contributed by atoms with Crippen LogP contribution in [-0.2, 0) is 19.2 Å². The Balaban J connectivity index is 2.17. The van der Waals surface area contributed by atoms with Gasteiger partial charge in [-0.3, -0.25) is 0 Å². The van der Waals surface area contributed by atoms with Crippen LogP contribution in [0.2, 0.25) is 0 Å². The first-order chi connectivity index (χ1) is 10.2. The number of carboxylic acid groups (broad SMARTS) is 1. The van der Waals surface area contributed by atoms with Gasteiger partial charge in [0.05, 0.1) is 6.26 Å². The fourth-order valence-corrected chi connectivity index (χ4v) is 1.94. The van der Waals surface area contributed by atoms with Gasteiger partial charge < -0.3 is 19.1 Å². The molecule has 1 aromatic rings. The van der Waals surface area contributed by atoms with Crippen LogP contribution in [0.1, 0.15) is 45.8 Å². The Hall–Kier alpha value is -2.31. The van der Waals surface area contributed by atoms with Gasteiger partial charge in [0.1, 0.15) is 5.60 Å². The largest absolute Gasteiger partial charge is 0.476 e. The highest BCUT2D eigenvalue weighted by atomic mass is 16.7. The number of carbonyl (C=O) groups is 2. The Labute approximate surface area is 127 Å². The van der Waals surface area contributed by atoms with E-state index in [1.54, 1.807) is 26.8 Å². The standard InChI is InChI=1S/C15H19NO6/c1-14(2,3)21-13(19)15(7-5-8-15)22-16-11(12(17)18)10-6-4-9-20-10/h4,6,9H,5,7-8H2,1-3H3,(H,17,18). The molecule has 1 heterocycles. The maximum Gasteiger partial charge on any atom is 0.361 e. The van der Waals surface area contributed by atoms with E-state index in [1.165, 1.54) is 12.3 Å². The molecule has 0 unspecified atom stereocenters. The van der Waals surface area contributed by atoms with Gasteiger partial charge in [-0.2, -0.15) is 0 Å². The van der Waals surface area contributed by atoms with Crippen LogP contribution in [-0.4, -0.2) is 34.0 Å². The van der Waals surface area contributed by atoms with Crippen molar-refractivity contribution in [3.8, 4) is 0 Å². The monoisotopic (exact) mass is 309 g/mol. The van der Waals surface area contributed by atoms with Gasteiger partial charge in [-0.15, -0.1) is 0 Å². The molecule has 0 atom stereocenters. The molecule has 1 saturated carbocycles. The Bertz CT molecular complexity index is 578. The lowest BCUT2D eigenvalue weighted by Crippen LogP contribution is -2.50. The Morgan fingerprint density at radius 3 is 2.45 bits per heavy atom. The highest BCUT2D eigenvalue weighted by molar-refractivity contribution is 6.41. The molecule has 1 fully saturated rings. The third-order valence-electron chi connectivity index (χ3n) is 3.20. The van der Waals surface area contributed by atoms with Gasteiger partial charge in [0.25, 0.3) is 0 Å². The number of aliphatic carboxylic acids is 1. The van der Waals surface area contributed by atoms with Crippen LogP contribution in [0.3, 0.4) is 0 Å². The Morgan fingerprint density at radius 1 is 1.36 bits per heavy atom. The van der Waals surface area contributed by atoms with Crippen molar-refractivity contribution < 1.29 is 28.7 Å². The molecule has 0 bridgehead atoms. The number of rotatable bonds is 5. The zero-order valence-corrected chi connectivity index (χ0v) is 12.8. The first-order valence-electron chi connectivity index (χ1n) is 7.00. The van der Waals surface area contributed by atoms with Crippen molar-refractivity contribution >= 4 is 17.7 Å². The van der Waals surface area contributed by atoms with Gasteiger partial charge in [-0.05, 0) is 39.3 Å². The average molecular weight is 309 g/mol. The summed E-state index contributed by atoms with van der Waals surface area (Å²) in [6, 6.07) is 3.00. The van der Waals surface area contributed by atoms with Gasteiger partial charge in [-0.1, -0.05) is 5.16 Å². The topological polar surface area (TPSA) is 98.3 Å². The Kier molecular flexibility index (Phi) is 4.25. The van der Waals surface area contributed by atoms with Crippen molar-refractivity contribution in [2.24, 2.45) is 5.16 Å². The third kappa shape index (κ3) is 3.47. The van der Waals surface area contributed by atoms with Crippen molar-refractivity contribution in [1.29, 1.82) is 0 Å². The molecule has 0 amide bonds. The number of nitrogens with zero attached hydrogens (tertiary/aromatic N) is 1. The predicted octanol–water partition coefficient (Wildman–Crippen LogP) is 2.35. The van der Waals surface area contributed by atoms with E-state index in [4.69, 9.17) is 14.0 Å². The van der Waals surface area contributed by atoms with Gasteiger partial charge in [-0.25, -0.2) is 9.59 Å². The van der Waals surface area contributed by atoms with E-state index < -0.39 is 23.1 Å². The zero-order valence-electron chi connectivity index (χ0n) is 12.8. The minimum atomic E-state index is -1.30. The van der Waals surface area contributed by atoms with Crippen LogP contribution in [0, 0.1) is 0 Å². The summed E-state index contributed by atoms with van der Waals surface area (Å²) in [6.45, 7) is 5.27. The highest BCUT2D eigenvalue weighted by Gasteiger charge is 2.50. The third-order valence-corrected chi connectivity index (χ3v) is 3.20. The lowest BCUT2D eigenvalue weighted by atomic mass is 9.80. The quantitative estimate of drug-likeness (QED) is 0.509. The summed E-state index contributed by atoms with van der Waals surface area (Å²) in [4.78, 5) is 28.8. The minimum absolute atomic E-state index is 0.0613. The van der Waals surface area contributed by atoms with Gasteiger partial charge in [0.15, 0.2) is 5.76 Å². The second-order valence-electron chi connectivity index (χ2n) is 6.16. The Morgan fingerprint density at radius 2 is 2.05 bits per heavy atom. The number of carboxylic acids is 1. The summed E-state index contributed by atoms with van der Waals surface area (Å²) in [7, 11) is 0. The molecule has 7 heteroatoms. The van der Waals surface area contributed by atoms with E-state index in [0.717, 1.165) is 6.42 Å². The molecule has 1 N–H and O–H groups in total. The van der Waals surface area contributed by atoms with Crippen molar-refractivity contribution in [1.82, 2.24) is 0 Å². The van der Waals surface area contributed by atoms with Crippen LogP contribution < -0.4 is 0 Å². The first kappa shape index (κ1) is 16.1. The molecule has 120 valence electrons. The van der Waals surface area contributed by atoms with Gasteiger partial charge in [0, 0.05) is 12.8 Å². The molecule has 0 aliphatic heterocycles. The minimum Gasteiger partial charge on any atom is -0.476 e. The molecule has 0 spiro atoms. The number of hydrogen-bond acceptors (Lipinski definition) is 6. The maximum atomic E-state index is 12.2. The van der Waals surface area contributed by atoms with E-state index in [9.17, 15) is 14.7 Å². The number of hydrogen-bond donors (Lipinski definition) is 1. The molecular weight excluding hydrogens is 290 g/mol. The zero-order chi connectivity index (χ0) is 16.4. The highest BCUT2D eigenvalue weighted by Crippen LogP contribution is 2.38. The van der Waals surface area contributed by atoms with Crippen LogP contribution >= 0.6 is 0 Å². The smallest absolute Gasteiger partial charge is 0.361 e. The molecular formula is C15H19NO6. The van der Waals surface area contributed by atoms with E-state index in [-0.39, 0.29) is 11.5 Å².